The second kappa shape index (κ2) is 5.72. The zero-order chi connectivity index (χ0) is 11.4. The molecule has 2 N–H and O–H groups in total. The highest BCUT2D eigenvalue weighted by molar-refractivity contribution is 14.1. The van der Waals surface area contributed by atoms with Crippen LogP contribution in [0.1, 0.15) is 51.3 Å². The standard InChI is InChI=1S/C11H20IN3/c1-4-5-6-7-8(2)15-11(13)10(12)9(3)14-15/h8H,4-7,13H2,1-3H3. The molecule has 0 saturated heterocycles. The van der Waals surface area contributed by atoms with Crippen LogP contribution in [0.5, 0.6) is 0 Å². The summed E-state index contributed by atoms with van der Waals surface area (Å²) in [6, 6.07) is 0.416. The maximum Gasteiger partial charge on any atom is 0.135 e. The molecule has 4 heteroatoms. The van der Waals surface area contributed by atoms with Gasteiger partial charge >= 0.3 is 0 Å². The molecule has 0 aliphatic rings. The normalized spacial score (nSPS) is 13.1. The Morgan fingerprint density at radius 1 is 1.47 bits per heavy atom. The number of hydrogen-bond donors (Lipinski definition) is 1. The van der Waals surface area contributed by atoms with E-state index in [2.05, 4.69) is 41.5 Å². The van der Waals surface area contributed by atoms with Crippen molar-refractivity contribution in [1.82, 2.24) is 9.78 Å². The number of nitrogens with two attached hydrogens (primary N) is 1. The van der Waals surface area contributed by atoms with Crippen LogP contribution in [0.3, 0.4) is 0 Å². The lowest BCUT2D eigenvalue weighted by molar-refractivity contribution is 0.442. The molecule has 0 amide bonds. The molecular weight excluding hydrogens is 301 g/mol. The van der Waals surface area contributed by atoms with Gasteiger partial charge in [0.1, 0.15) is 5.82 Å². The van der Waals surface area contributed by atoms with Crippen LogP contribution in [0.15, 0.2) is 0 Å². The Balaban J connectivity index is 2.65. The van der Waals surface area contributed by atoms with Gasteiger partial charge in [-0.1, -0.05) is 26.2 Å². The number of halogens is 1. The number of nitrogen functional groups attached to an aromatic ring is 1. The minimum absolute atomic E-state index is 0.416. The van der Waals surface area contributed by atoms with Crippen LogP contribution in [0.2, 0.25) is 0 Å². The Kier molecular flexibility index (Phi) is 4.89. The first kappa shape index (κ1) is 12.8. The Bertz CT molecular complexity index is 320. The van der Waals surface area contributed by atoms with Crippen molar-refractivity contribution in [2.75, 3.05) is 5.73 Å². The van der Waals surface area contributed by atoms with Crippen molar-refractivity contribution < 1.29 is 0 Å². The summed E-state index contributed by atoms with van der Waals surface area (Å²) in [5.41, 5.74) is 7.04. The second-order valence-electron chi connectivity index (χ2n) is 4.07. The van der Waals surface area contributed by atoms with Gasteiger partial charge in [-0.3, -0.25) is 0 Å². The number of nitrogens with zero attached hydrogens (tertiary/aromatic N) is 2. The van der Waals surface area contributed by atoms with Crippen molar-refractivity contribution in [1.29, 1.82) is 0 Å². The van der Waals surface area contributed by atoms with E-state index in [1.807, 2.05) is 11.6 Å². The molecule has 0 saturated carbocycles. The fourth-order valence-electron chi connectivity index (χ4n) is 1.69. The molecule has 0 radical (unpaired) electrons. The Hall–Kier alpha value is -0.260. The molecule has 1 rings (SSSR count). The molecule has 86 valence electrons. The maximum atomic E-state index is 6.00. The maximum absolute atomic E-state index is 6.00. The van der Waals surface area contributed by atoms with E-state index in [0.29, 0.717) is 6.04 Å². The number of aromatic nitrogens is 2. The van der Waals surface area contributed by atoms with E-state index in [4.69, 9.17) is 5.73 Å². The molecule has 0 spiro atoms. The summed E-state index contributed by atoms with van der Waals surface area (Å²) < 4.78 is 3.06. The average molecular weight is 321 g/mol. The highest BCUT2D eigenvalue weighted by atomic mass is 127. The van der Waals surface area contributed by atoms with Crippen LogP contribution in [0.4, 0.5) is 5.82 Å². The van der Waals surface area contributed by atoms with Gasteiger partial charge < -0.3 is 5.73 Å². The first-order chi connectivity index (χ1) is 7.07. The van der Waals surface area contributed by atoms with Crippen LogP contribution >= 0.6 is 22.6 Å². The first-order valence-electron chi connectivity index (χ1n) is 5.58. The van der Waals surface area contributed by atoms with E-state index in [1.54, 1.807) is 0 Å². The number of anilines is 1. The summed E-state index contributed by atoms with van der Waals surface area (Å²) in [6.07, 6.45) is 4.97. The van der Waals surface area contributed by atoms with E-state index in [-0.39, 0.29) is 0 Å². The smallest absolute Gasteiger partial charge is 0.135 e. The second-order valence-corrected chi connectivity index (χ2v) is 5.15. The van der Waals surface area contributed by atoms with Gasteiger partial charge in [-0.15, -0.1) is 0 Å². The average Bonchev–Trinajstić information content (AvgIpc) is 2.46. The van der Waals surface area contributed by atoms with E-state index < -0.39 is 0 Å². The van der Waals surface area contributed by atoms with Crippen molar-refractivity contribution in [3.8, 4) is 0 Å². The summed E-state index contributed by atoms with van der Waals surface area (Å²) in [5.74, 6) is 0.817. The predicted molar refractivity (Wildman–Crippen MR) is 72.9 cm³/mol. The van der Waals surface area contributed by atoms with Gasteiger partial charge in [0, 0.05) is 0 Å². The summed E-state index contributed by atoms with van der Waals surface area (Å²) in [6.45, 7) is 6.42. The molecule has 1 aromatic rings. The molecule has 0 aromatic carbocycles. The third-order valence-corrected chi connectivity index (χ3v) is 4.02. The third kappa shape index (κ3) is 3.09. The molecule has 1 atom stereocenters. The quantitative estimate of drug-likeness (QED) is 0.666. The fraction of sp³-hybridized carbons (Fsp3) is 0.727. The number of rotatable bonds is 5. The van der Waals surface area contributed by atoms with Crippen LogP contribution in [0, 0.1) is 10.5 Å². The zero-order valence-corrected chi connectivity index (χ0v) is 11.9. The van der Waals surface area contributed by atoms with Crippen molar-refractivity contribution in [2.45, 2.75) is 52.5 Å². The number of aryl methyl sites for hydroxylation is 1. The lowest BCUT2D eigenvalue weighted by Crippen LogP contribution is -2.10. The van der Waals surface area contributed by atoms with E-state index in [0.717, 1.165) is 21.5 Å². The van der Waals surface area contributed by atoms with Gasteiger partial charge in [-0.05, 0) is 42.9 Å². The van der Waals surface area contributed by atoms with E-state index >= 15 is 0 Å². The van der Waals surface area contributed by atoms with Crippen LogP contribution in [-0.2, 0) is 0 Å². The summed E-state index contributed by atoms with van der Waals surface area (Å²) in [5, 5.41) is 4.47. The molecule has 0 aliphatic carbocycles. The van der Waals surface area contributed by atoms with E-state index in [9.17, 15) is 0 Å². The molecule has 0 fully saturated rings. The zero-order valence-electron chi connectivity index (χ0n) is 9.76. The van der Waals surface area contributed by atoms with Crippen LogP contribution in [-0.4, -0.2) is 9.78 Å². The van der Waals surface area contributed by atoms with Gasteiger partial charge in [0.25, 0.3) is 0 Å². The molecule has 1 heterocycles. The van der Waals surface area contributed by atoms with Crippen molar-refractivity contribution in [2.24, 2.45) is 0 Å². The predicted octanol–water partition coefficient (Wildman–Crippen LogP) is 3.52. The minimum atomic E-state index is 0.416. The van der Waals surface area contributed by atoms with Crippen molar-refractivity contribution in [3.05, 3.63) is 9.26 Å². The largest absolute Gasteiger partial charge is 0.383 e. The molecule has 15 heavy (non-hydrogen) atoms. The molecule has 3 nitrogen and oxygen atoms in total. The number of hydrogen-bond acceptors (Lipinski definition) is 2. The van der Waals surface area contributed by atoms with Crippen molar-refractivity contribution in [3.63, 3.8) is 0 Å². The summed E-state index contributed by atoms with van der Waals surface area (Å²) in [4.78, 5) is 0. The van der Waals surface area contributed by atoms with Gasteiger partial charge in [0.2, 0.25) is 0 Å². The molecule has 0 bridgehead atoms. The lowest BCUT2D eigenvalue weighted by Gasteiger charge is -2.13. The Labute approximate surface area is 106 Å². The molecule has 0 aliphatic heterocycles. The topological polar surface area (TPSA) is 43.8 Å². The minimum Gasteiger partial charge on any atom is -0.383 e. The first-order valence-corrected chi connectivity index (χ1v) is 6.65. The summed E-state index contributed by atoms with van der Waals surface area (Å²) >= 11 is 2.26. The van der Waals surface area contributed by atoms with Gasteiger partial charge in [-0.2, -0.15) is 5.10 Å². The lowest BCUT2D eigenvalue weighted by atomic mass is 10.1. The van der Waals surface area contributed by atoms with E-state index in [1.165, 1.54) is 19.3 Å². The van der Waals surface area contributed by atoms with Gasteiger partial charge in [0.15, 0.2) is 0 Å². The highest BCUT2D eigenvalue weighted by Gasteiger charge is 2.14. The monoisotopic (exact) mass is 321 g/mol. The van der Waals surface area contributed by atoms with Crippen LogP contribution < -0.4 is 5.73 Å². The van der Waals surface area contributed by atoms with Gasteiger partial charge in [0.05, 0.1) is 15.3 Å². The third-order valence-electron chi connectivity index (χ3n) is 2.69. The highest BCUT2D eigenvalue weighted by Crippen LogP contribution is 2.24. The Morgan fingerprint density at radius 3 is 2.60 bits per heavy atom. The molecule has 1 unspecified atom stereocenters. The molecule has 1 aromatic heterocycles. The Morgan fingerprint density at radius 2 is 2.13 bits per heavy atom. The summed E-state index contributed by atoms with van der Waals surface area (Å²) in [7, 11) is 0. The van der Waals surface area contributed by atoms with Crippen LogP contribution in [0.25, 0.3) is 0 Å². The van der Waals surface area contributed by atoms with Crippen molar-refractivity contribution >= 4 is 28.4 Å². The fourth-order valence-corrected chi connectivity index (χ4v) is 2.05. The number of unbranched alkanes of at least 4 members (excludes halogenated alkanes) is 2. The SMILES string of the molecule is CCCCCC(C)n1nc(C)c(I)c1N. The van der Waals surface area contributed by atoms with Gasteiger partial charge in [-0.25, -0.2) is 4.68 Å². The molecular formula is C11H20IN3.